The molecule has 0 bridgehead atoms. The third-order valence-electron chi connectivity index (χ3n) is 3.93. The quantitative estimate of drug-likeness (QED) is 0.779. The molecule has 3 rings (SSSR count). The summed E-state index contributed by atoms with van der Waals surface area (Å²) in [5.41, 5.74) is 3.37. The molecule has 2 aromatic carbocycles. The molecule has 4 nitrogen and oxygen atoms in total. The highest BCUT2D eigenvalue weighted by atomic mass is 16.5. The third-order valence-corrected chi connectivity index (χ3v) is 3.93. The van der Waals surface area contributed by atoms with Crippen LogP contribution in [-0.2, 0) is 11.3 Å². The Balaban J connectivity index is 1.97. The summed E-state index contributed by atoms with van der Waals surface area (Å²) in [5.74, 6) is -0.104. The highest BCUT2D eigenvalue weighted by Gasteiger charge is 2.16. The summed E-state index contributed by atoms with van der Waals surface area (Å²) in [4.78, 5) is 11.4. The minimum Gasteiger partial charge on any atom is -0.479 e. The second-order valence-corrected chi connectivity index (χ2v) is 5.63. The van der Waals surface area contributed by atoms with Crippen LogP contribution in [0.5, 0.6) is 5.75 Å². The fraction of sp³-hybridized carbons (Fsp3) is 0.211. The Morgan fingerprint density at radius 3 is 2.78 bits per heavy atom. The summed E-state index contributed by atoms with van der Waals surface area (Å²) < 4.78 is 14.6. The molecular formula is C19H19NO3. The van der Waals surface area contributed by atoms with Crippen molar-refractivity contribution in [2.24, 2.45) is 0 Å². The minimum atomic E-state index is -0.828. The van der Waals surface area contributed by atoms with E-state index in [-0.39, 0.29) is 0 Å². The van der Waals surface area contributed by atoms with Gasteiger partial charge in [0.05, 0.1) is 5.52 Å². The number of hydrogen-bond donors (Lipinski definition) is 1. The summed E-state index contributed by atoms with van der Waals surface area (Å²) in [6.45, 7) is 4.39. The van der Waals surface area contributed by atoms with Crippen LogP contribution in [0.1, 0.15) is 18.2 Å². The molecule has 0 amide bonds. The molecule has 0 aliphatic rings. The summed E-state index contributed by atoms with van der Waals surface area (Å²) in [5, 5.41) is 4.93. The van der Waals surface area contributed by atoms with Crippen molar-refractivity contribution in [1.82, 2.24) is 4.57 Å². The van der Waals surface area contributed by atoms with E-state index in [1.165, 1.54) is 5.56 Å². The number of nitrogens with zero attached hydrogens (tertiary/aromatic N) is 1. The number of carboxylic acid groups (broad SMARTS) is 1. The molecule has 4 heteroatoms. The second kappa shape index (κ2) is 6.16. The van der Waals surface area contributed by atoms with E-state index in [1.54, 1.807) is 6.92 Å². The molecule has 1 N–H and O–H groups in total. The second-order valence-electron chi connectivity index (χ2n) is 5.63. The fourth-order valence-electron chi connectivity index (χ4n) is 2.71. The maximum atomic E-state index is 11.4. The Morgan fingerprint density at radius 2 is 2.04 bits per heavy atom. The average molecular weight is 310 g/mol. The zero-order valence-electron chi connectivity index (χ0n) is 14.2. The molecule has 118 valence electrons. The van der Waals surface area contributed by atoms with Gasteiger partial charge in [-0.15, -0.1) is 0 Å². The summed E-state index contributed by atoms with van der Waals surface area (Å²) in [6.07, 6.45) is -0.828. The van der Waals surface area contributed by atoms with E-state index in [2.05, 4.69) is 21.8 Å². The van der Waals surface area contributed by atoms with Crippen LogP contribution in [-0.4, -0.2) is 21.7 Å². The Labute approximate surface area is 136 Å². The topological polar surface area (TPSA) is 51.5 Å². The normalized spacial score (nSPS) is 12.7. The van der Waals surface area contributed by atoms with Gasteiger partial charge in [0.1, 0.15) is 5.75 Å². The Kier molecular flexibility index (Phi) is 3.72. The van der Waals surface area contributed by atoms with Gasteiger partial charge in [0.25, 0.3) is 1.43 Å². The first-order valence-electron chi connectivity index (χ1n) is 7.97. The number of benzene rings is 2. The Bertz CT molecular complexity index is 858. The molecular weight excluding hydrogens is 290 g/mol. The first-order chi connectivity index (χ1) is 11.6. The van der Waals surface area contributed by atoms with Crippen molar-refractivity contribution < 1.29 is 14.6 Å². The molecule has 0 fully saturated rings. The molecule has 0 saturated carbocycles. The fourth-order valence-corrected chi connectivity index (χ4v) is 2.71. The molecule has 1 unspecified atom stereocenters. The lowest BCUT2D eigenvalue weighted by atomic mass is 10.2. The minimum absolute atomic E-state index is 0.611. The summed E-state index contributed by atoms with van der Waals surface area (Å²) >= 11 is 0. The number of rotatable bonds is 5. The van der Waals surface area contributed by atoms with E-state index in [9.17, 15) is 4.79 Å². The van der Waals surface area contributed by atoms with Crippen molar-refractivity contribution in [2.45, 2.75) is 26.5 Å². The summed E-state index contributed by atoms with van der Waals surface area (Å²) in [7, 11) is 0. The van der Waals surface area contributed by atoms with Crippen LogP contribution in [0.25, 0.3) is 12.3 Å². The molecule has 23 heavy (non-hydrogen) atoms. The van der Waals surface area contributed by atoms with Crippen LogP contribution >= 0.6 is 0 Å². The molecule has 1 aromatic heterocycles. The van der Waals surface area contributed by atoms with Gasteiger partial charge < -0.3 is 14.4 Å². The van der Waals surface area contributed by atoms with E-state index >= 15 is 0 Å². The predicted octanol–water partition coefficient (Wildman–Crippen LogP) is 3.85. The summed E-state index contributed by atoms with van der Waals surface area (Å²) in [6, 6.07) is 18.1. The van der Waals surface area contributed by atoms with Gasteiger partial charge in [-0.25, -0.2) is 4.79 Å². The average Bonchev–Trinajstić information content (AvgIpc) is 2.92. The van der Waals surface area contributed by atoms with Gasteiger partial charge in [-0.3, -0.25) is 0 Å². The molecule has 0 radical (unpaired) electrons. The molecule has 1 heterocycles. The predicted molar refractivity (Wildman–Crippen MR) is 89.9 cm³/mol. The van der Waals surface area contributed by atoms with Crippen molar-refractivity contribution in [1.29, 1.82) is 1.43 Å². The number of fused-ring (bicyclic) bond motifs is 1. The van der Waals surface area contributed by atoms with Gasteiger partial charge in [0, 0.05) is 17.6 Å². The maximum absolute atomic E-state index is 11.4. The highest BCUT2D eigenvalue weighted by Crippen LogP contribution is 2.30. The van der Waals surface area contributed by atoms with Gasteiger partial charge in [0.2, 0.25) is 0 Å². The monoisotopic (exact) mass is 310 g/mol. The van der Waals surface area contributed by atoms with Crippen molar-refractivity contribution in [3.63, 3.8) is 0 Å². The lowest BCUT2D eigenvalue weighted by Gasteiger charge is -2.12. The van der Waals surface area contributed by atoms with Gasteiger partial charge in [-0.2, -0.15) is 0 Å². The maximum Gasteiger partial charge on any atom is 0.344 e. The molecule has 0 aliphatic carbocycles. The number of aliphatic carboxylic acids is 1. The lowest BCUT2D eigenvalue weighted by Crippen LogP contribution is -2.22. The number of aryl methyl sites for hydroxylation is 1. The number of hydrogen-bond acceptors (Lipinski definition) is 3. The Morgan fingerprint density at radius 1 is 1.26 bits per heavy atom. The molecule has 0 spiro atoms. The van der Waals surface area contributed by atoms with Crippen LogP contribution in [0.15, 0.2) is 54.6 Å². The van der Waals surface area contributed by atoms with Crippen LogP contribution in [0.2, 0.25) is 0 Å². The van der Waals surface area contributed by atoms with Crippen LogP contribution in [0.4, 0.5) is 0 Å². The SMILES string of the molecule is [2H]OC(=O)C(C)Oc1cccc2c1cc(C)n2Cc1ccccc1. The van der Waals surface area contributed by atoms with Gasteiger partial charge >= 0.3 is 5.97 Å². The molecule has 1 atom stereocenters. The van der Waals surface area contributed by atoms with Crippen LogP contribution in [0, 0.1) is 6.92 Å². The van der Waals surface area contributed by atoms with Crippen molar-refractivity contribution >= 4 is 16.9 Å². The van der Waals surface area contributed by atoms with E-state index < -0.39 is 12.1 Å². The van der Waals surface area contributed by atoms with Crippen LogP contribution < -0.4 is 4.74 Å². The molecule has 0 aliphatic heterocycles. The van der Waals surface area contributed by atoms with Crippen molar-refractivity contribution in [2.75, 3.05) is 0 Å². The zero-order valence-corrected chi connectivity index (χ0v) is 13.2. The van der Waals surface area contributed by atoms with E-state index in [0.717, 1.165) is 23.1 Å². The van der Waals surface area contributed by atoms with E-state index in [4.69, 9.17) is 6.17 Å². The lowest BCUT2D eigenvalue weighted by molar-refractivity contribution is -0.144. The Hall–Kier alpha value is -2.75. The third kappa shape index (κ3) is 3.06. The number of ether oxygens (including phenoxy) is 1. The number of carboxylic acids is 1. The molecule has 0 saturated heterocycles. The first-order valence-corrected chi connectivity index (χ1v) is 7.56. The highest BCUT2D eigenvalue weighted by molar-refractivity contribution is 5.88. The largest absolute Gasteiger partial charge is 0.479 e. The van der Waals surface area contributed by atoms with Crippen molar-refractivity contribution in [3.8, 4) is 5.75 Å². The van der Waals surface area contributed by atoms with Crippen molar-refractivity contribution in [3.05, 3.63) is 65.9 Å². The zero-order chi connectivity index (χ0) is 17.1. The van der Waals surface area contributed by atoms with E-state index in [1.807, 2.05) is 49.4 Å². The van der Waals surface area contributed by atoms with Crippen LogP contribution in [0.3, 0.4) is 0 Å². The standard InChI is InChI=1S/C19H19NO3/c1-13-11-16-17(20(13)12-15-7-4-3-5-8-15)9-6-10-18(16)23-14(2)19(21)22/h3-11,14H,12H2,1-2H3,(H,21,22)/i/hD. The molecule has 3 aromatic rings. The smallest absolute Gasteiger partial charge is 0.344 e. The first kappa shape index (κ1) is 13.9. The van der Waals surface area contributed by atoms with Gasteiger partial charge in [0.15, 0.2) is 6.10 Å². The van der Waals surface area contributed by atoms with Gasteiger partial charge in [-0.1, -0.05) is 36.4 Å². The number of aromatic nitrogens is 1. The number of carbonyl (C=O) groups is 1. The van der Waals surface area contributed by atoms with E-state index in [0.29, 0.717) is 5.75 Å². The van der Waals surface area contributed by atoms with Gasteiger partial charge in [-0.05, 0) is 37.6 Å².